The van der Waals surface area contributed by atoms with E-state index in [4.69, 9.17) is 17.3 Å². The van der Waals surface area contributed by atoms with Crippen LogP contribution in [-0.2, 0) is 0 Å². The SMILES string of the molecule is CN(C)C(=O)NC1CCCN(c2cnc(C(N)=O)c(Nc3ccc(Cl)cc3)n2)C1. The topological polar surface area (TPSA) is 116 Å². The van der Waals surface area contributed by atoms with Crippen molar-refractivity contribution < 1.29 is 9.59 Å². The molecule has 0 bridgehead atoms. The Bertz CT molecular complexity index is 889. The fourth-order valence-corrected chi connectivity index (χ4v) is 3.20. The Hall–Kier alpha value is -3.07. The molecule has 154 valence electrons. The zero-order chi connectivity index (χ0) is 21.0. The van der Waals surface area contributed by atoms with Crippen molar-refractivity contribution >= 4 is 40.9 Å². The molecule has 9 nitrogen and oxygen atoms in total. The molecule has 1 unspecified atom stereocenters. The lowest BCUT2D eigenvalue weighted by Crippen LogP contribution is -2.50. The average Bonchev–Trinajstić information content (AvgIpc) is 2.69. The third kappa shape index (κ3) is 5.26. The minimum Gasteiger partial charge on any atom is -0.364 e. The van der Waals surface area contributed by atoms with Gasteiger partial charge >= 0.3 is 6.03 Å². The normalized spacial score (nSPS) is 16.2. The Morgan fingerprint density at radius 3 is 2.66 bits per heavy atom. The number of hydrogen-bond acceptors (Lipinski definition) is 6. The van der Waals surface area contributed by atoms with Crippen molar-refractivity contribution in [3.05, 3.63) is 41.2 Å². The number of amides is 3. The quantitative estimate of drug-likeness (QED) is 0.686. The summed E-state index contributed by atoms with van der Waals surface area (Å²) in [5, 5.41) is 6.69. The van der Waals surface area contributed by atoms with Crippen LogP contribution in [0.25, 0.3) is 0 Å². The van der Waals surface area contributed by atoms with Crippen LogP contribution in [0.1, 0.15) is 23.3 Å². The highest BCUT2D eigenvalue weighted by atomic mass is 35.5. The second-order valence-electron chi connectivity index (χ2n) is 7.05. The van der Waals surface area contributed by atoms with E-state index < -0.39 is 5.91 Å². The maximum atomic E-state index is 12.0. The van der Waals surface area contributed by atoms with Crippen LogP contribution in [0.15, 0.2) is 30.5 Å². The second-order valence-corrected chi connectivity index (χ2v) is 7.49. The van der Waals surface area contributed by atoms with Crippen LogP contribution in [0.2, 0.25) is 5.02 Å². The molecule has 1 aliphatic rings. The van der Waals surface area contributed by atoms with Gasteiger partial charge in [0.2, 0.25) is 0 Å². The molecule has 2 aromatic rings. The molecule has 3 amide bonds. The highest BCUT2D eigenvalue weighted by Gasteiger charge is 2.24. The summed E-state index contributed by atoms with van der Waals surface area (Å²) in [7, 11) is 3.41. The Morgan fingerprint density at radius 2 is 2.00 bits per heavy atom. The number of urea groups is 1. The molecule has 3 rings (SSSR count). The first-order chi connectivity index (χ1) is 13.8. The number of carbonyl (C=O) groups is 2. The van der Waals surface area contributed by atoms with Gasteiger partial charge in [0.1, 0.15) is 5.82 Å². The number of anilines is 3. The first-order valence-electron chi connectivity index (χ1n) is 9.25. The minimum atomic E-state index is -0.671. The van der Waals surface area contributed by atoms with Crippen molar-refractivity contribution in [2.75, 3.05) is 37.4 Å². The number of nitrogens with one attached hydrogen (secondary N) is 2. The molecule has 0 radical (unpaired) electrons. The monoisotopic (exact) mass is 417 g/mol. The van der Waals surface area contributed by atoms with Crippen molar-refractivity contribution in [2.45, 2.75) is 18.9 Å². The third-order valence-corrected chi connectivity index (χ3v) is 4.83. The van der Waals surface area contributed by atoms with E-state index in [9.17, 15) is 9.59 Å². The molecule has 0 aliphatic carbocycles. The summed E-state index contributed by atoms with van der Waals surface area (Å²) in [5.41, 5.74) is 6.22. The van der Waals surface area contributed by atoms with Gasteiger partial charge in [-0.2, -0.15) is 0 Å². The van der Waals surface area contributed by atoms with Crippen molar-refractivity contribution in [3.8, 4) is 0 Å². The zero-order valence-corrected chi connectivity index (χ0v) is 17.1. The van der Waals surface area contributed by atoms with Gasteiger partial charge in [0.15, 0.2) is 11.5 Å². The van der Waals surface area contributed by atoms with E-state index >= 15 is 0 Å². The van der Waals surface area contributed by atoms with Crippen molar-refractivity contribution in [1.82, 2.24) is 20.2 Å². The molecule has 2 heterocycles. The number of nitrogens with two attached hydrogens (primary N) is 1. The molecule has 29 heavy (non-hydrogen) atoms. The van der Waals surface area contributed by atoms with Gasteiger partial charge in [-0.1, -0.05) is 11.6 Å². The number of hydrogen-bond donors (Lipinski definition) is 3. The maximum absolute atomic E-state index is 12.0. The van der Waals surface area contributed by atoms with E-state index in [0.29, 0.717) is 23.1 Å². The molecule has 1 aromatic carbocycles. The lowest BCUT2D eigenvalue weighted by atomic mass is 10.1. The molecular formula is C19H24ClN7O2. The molecular weight excluding hydrogens is 394 g/mol. The predicted octanol–water partition coefficient (Wildman–Crippen LogP) is 2.21. The molecule has 10 heteroatoms. The number of piperidine rings is 1. The number of aromatic nitrogens is 2. The van der Waals surface area contributed by atoms with E-state index in [0.717, 1.165) is 19.4 Å². The summed E-state index contributed by atoms with van der Waals surface area (Å²) >= 11 is 5.92. The van der Waals surface area contributed by atoms with Crippen LogP contribution < -0.4 is 21.3 Å². The van der Waals surface area contributed by atoms with Gasteiger partial charge in [0, 0.05) is 43.9 Å². The highest BCUT2D eigenvalue weighted by Crippen LogP contribution is 2.24. The van der Waals surface area contributed by atoms with E-state index in [2.05, 4.69) is 20.6 Å². The van der Waals surface area contributed by atoms with Crippen LogP contribution >= 0.6 is 11.6 Å². The second kappa shape index (κ2) is 8.95. The first-order valence-corrected chi connectivity index (χ1v) is 9.63. The van der Waals surface area contributed by atoms with Crippen molar-refractivity contribution in [2.24, 2.45) is 5.73 Å². The molecule has 1 fully saturated rings. The Kier molecular flexibility index (Phi) is 6.38. The van der Waals surface area contributed by atoms with Gasteiger partial charge in [-0.3, -0.25) is 4.79 Å². The van der Waals surface area contributed by atoms with Gasteiger partial charge < -0.3 is 26.2 Å². The van der Waals surface area contributed by atoms with Gasteiger partial charge in [0.05, 0.1) is 6.20 Å². The lowest BCUT2D eigenvalue weighted by Gasteiger charge is -2.34. The number of nitrogens with zero attached hydrogens (tertiary/aromatic N) is 4. The fourth-order valence-electron chi connectivity index (χ4n) is 3.08. The Balaban J connectivity index is 1.81. The summed E-state index contributed by atoms with van der Waals surface area (Å²) in [6.45, 7) is 1.38. The van der Waals surface area contributed by atoms with Crippen molar-refractivity contribution in [1.29, 1.82) is 0 Å². The number of benzene rings is 1. The van der Waals surface area contributed by atoms with Crippen LogP contribution in [0.5, 0.6) is 0 Å². The zero-order valence-electron chi connectivity index (χ0n) is 16.4. The van der Waals surface area contributed by atoms with Crippen LogP contribution in [0.3, 0.4) is 0 Å². The lowest BCUT2D eigenvalue weighted by molar-refractivity contribution is 0.0996. The largest absolute Gasteiger partial charge is 0.364 e. The summed E-state index contributed by atoms with van der Waals surface area (Å²) in [6.07, 6.45) is 3.32. The number of primary amides is 1. The first kappa shape index (κ1) is 20.7. The standard InChI is InChI=1S/C19H24ClN7O2/c1-26(2)19(29)24-14-4-3-9-27(11-14)15-10-22-16(17(21)28)18(25-15)23-13-7-5-12(20)6-8-13/h5-8,10,14H,3-4,9,11H2,1-2H3,(H2,21,28)(H,23,25)(H,24,29). The molecule has 4 N–H and O–H groups in total. The Labute approximate surface area is 174 Å². The Morgan fingerprint density at radius 1 is 1.28 bits per heavy atom. The summed E-state index contributed by atoms with van der Waals surface area (Å²) in [6, 6.07) is 6.88. The van der Waals surface area contributed by atoms with E-state index in [1.807, 2.05) is 4.90 Å². The summed E-state index contributed by atoms with van der Waals surface area (Å²) in [4.78, 5) is 36.1. The van der Waals surface area contributed by atoms with E-state index in [1.165, 1.54) is 11.1 Å². The van der Waals surface area contributed by atoms with Crippen LogP contribution in [0, 0.1) is 0 Å². The van der Waals surface area contributed by atoms with Crippen LogP contribution in [-0.4, -0.2) is 60.0 Å². The number of rotatable bonds is 5. The van der Waals surface area contributed by atoms with Gasteiger partial charge in [-0.05, 0) is 37.1 Å². The fraction of sp³-hybridized carbons (Fsp3) is 0.368. The predicted molar refractivity (Wildman–Crippen MR) is 113 cm³/mol. The minimum absolute atomic E-state index is 0.00365. The van der Waals surface area contributed by atoms with Crippen molar-refractivity contribution in [3.63, 3.8) is 0 Å². The average molecular weight is 418 g/mol. The molecule has 0 spiro atoms. The molecule has 1 aromatic heterocycles. The molecule has 1 saturated heterocycles. The number of carbonyl (C=O) groups excluding carboxylic acids is 2. The van der Waals surface area contributed by atoms with E-state index in [-0.39, 0.29) is 23.6 Å². The third-order valence-electron chi connectivity index (χ3n) is 4.58. The number of halogens is 1. The maximum Gasteiger partial charge on any atom is 0.317 e. The molecule has 1 aliphatic heterocycles. The van der Waals surface area contributed by atoms with E-state index in [1.54, 1.807) is 38.4 Å². The highest BCUT2D eigenvalue weighted by molar-refractivity contribution is 6.30. The van der Waals surface area contributed by atoms with Gasteiger partial charge in [-0.25, -0.2) is 14.8 Å². The molecule has 0 saturated carbocycles. The summed E-state index contributed by atoms with van der Waals surface area (Å²) in [5.74, 6) is 0.210. The smallest absolute Gasteiger partial charge is 0.317 e. The van der Waals surface area contributed by atoms with Gasteiger partial charge in [0.25, 0.3) is 5.91 Å². The van der Waals surface area contributed by atoms with Crippen LogP contribution in [0.4, 0.5) is 22.1 Å². The summed E-state index contributed by atoms with van der Waals surface area (Å²) < 4.78 is 0. The molecule has 1 atom stereocenters. The van der Waals surface area contributed by atoms with Gasteiger partial charge in [-0.15, -0.1) is 0 Å².